The van der Waals surface area contributed by atoms with Crippen molar-refractivity contribution in [1.29, 1.82) is 0 Å². The first-order chi connectivity index (χ1) is 7.77. The van der Waals surface area contributed by atoms with Gasteiger partial charge in [0.2, 0.25) is 0 Å². The summed E-state index contributed by atoms with van der Waals surface area (Å²) in [6.07, 6.45) is 0. The molecule has 0 spiro atoms. The number of carboxylic acid groups (broad SMARTS) is 1. The lowest BCUT2D eigenvalue weighted by atomic mass is 9.91. The summed E-state index contributed by atoms with van der Waals surface area (Å²) >= 11 is 9.41. The number of rotatable bonds is 4. The molecule has 0 saturated heterocycles. The Labute approximate surface area is 114 Å². The number of aliphatic carboxylic acids is 1. The van der Waals surface area contributed by atoms with Crippen molar-refractivity contribution in [3.8, 4) is 0 Å². The molecule has 0 aromatic heterocycles. The minimum absolute atomic E-state index is 0.0378. The first kappa shape index (κ1) is 14.5. The van der Waals surface area contributed by atoms with E-state index in [2.05, 4.69) is 21.2 Å². The molecule has 94 valence electrons. The Morgan fingerprint density at radius 1 is 1.53 bits per heavy atom. The van der Waals surface area contributed by atoms with Crippen LogP contribution in [0, 0.1) is 0 Å². The summed E-state index contributed by atoms with van der Waals surface area (Å²) in [4.78, 5) is 11.5. The Morgan fingerprint density at radius 3 is 2.53 bits per heavy atom. The second-order valence-electron chi connectivity index (χ2n) is 4.35. The highest BCUT2D eigenvalue weighted by Crippen LogP contribution is 2.31. The van der Waals surface area contributed by atoms with Crippen LogP contribution in [0.15, 0.2) is 22.7 Å². The molecule has 2 N–H and O–H groups in total. The van der Waals surface area contributed by atoms with Crippen LogP contribution in [0.5, 0.6) is 0 Å². The molecule has 0 heterocycles. The van der Waals surface area contributed by atoms with Gasteiger partial charge in [0, 0.05) is 21.1 Å². The smallest absolute Gasteiger partial charge is 0.328 e. The van der Waals surface area contributed by atoms with Crippen LogP contribution in [0.25, 0.3) is 0 Å². The molecule has 1 atom stereocenters. The fourth-order valence-electron chi connectivity index (χ4n) is 1.73. The molecular formula is C12H15BrClNO2. The van der Waals surface area contributed by atoms with Crippen LogP contribution in [0.2, 0.25) is 5.02 Å². The lowest BCUT2D eigenvalue weighted by Gasteiger charge is -2.30. The highest BCUT2D eigenvalue weighted by molar-refractivity contribution is 9.10. The van der Waals surface area contributed by atoms with Gasteiger partial charge in [0.05, 0.1) is 0 Å². The number of hydrogen-bond donors (Lipinski definition) is 2. The van der Waals surface area contributed by atoms with Crippen LogP contribution in [0.1, 0.15) is 26.3 Å². The zero-order valence-corrected chi connectivity index (χ0v) is 12.3. The fourth-order valence-corrected chi connectivity index (χ4v) is 2.59. The van der Waals surface area contributed by atoms with Gasteiger partial charge in [0.1, 0.15) is 5.54 Å². The minimum Gasteiger partial charge on any atom is -0.480 e. The van der Waals surface area contributed by atoms with Crippen LogP contribution in [-0.4, -0.2) is 17.1 Å². The van der Waals surface area contributed by atoms with Gasteiger partial charge in [-0.25, -0.2) is 4.79 Å². The largest absolute Gasteiger partial charge is 0.480 e. The van der Waals surface area contributed by atoms with Crippen molar-refractivity contribution in [3.63, 3.8) is 0 Å². The fraction of sp³-hybridized carbons (Fsp3) is 0.417. The summed E-state index contributed by atoms with van der Waals surface area (Å²) < 4.78 is 0.823. The number of nitrogens with one attached hydrogen (secondary N) is 1. The quantitative estimate of drug-likeness (QED) is 0.894. The average molecular weight is 321 g/mol. The van der Waals surface area contributed by atoms with Gasteiger partial charge in [-0.3, -0.25) is 5.32 Å². The average Bonchev–Trinajstić information content (AvgIpc) is 2.15. The van der Waals surface area contributed by atoms with Gasteiger partial charge in [0.25, 0.3) is 0 Å². The van der Waals surface area contributed by atoms with Crippen molar-refractivity contribution >= 4 is 33.5 Å². The zero-order valence-electron chi connectivity index (χ0n) is 9.92. The van der Waals surface area contributed by atoms with E-state index in [1.807, 2.05) is 13.8 Å². The molecule has 5 heteroatoms. The maximum atomic E-state index is 11.5. The van der Waals surface area contributed by atoms with E-state index in [1.54, 1.807) is 25.1 Å². The van der Waals surface area contributed by atoms with Gasteiger partial charge in [-0.1, -0.05) is 33.6 Å². The van der Waals surface area contributed by atoms with Crippen LogP contribution in [0.3, 0.4) is 0 Å². The summed E-state index contributed by atoms with van der Waals surface area (Å²) in [6, 6.07) is 5.23. The highest BCUT2D eigenvalue weighted by atomic mass is 79.9. The highest BCUT2D eigenvalue weighted by Gasteiger charge is 2.37. The summed E-state index contributed by atoms with van der Waals surface area (Å²) in [5, 5.41) is 12.9. The van der Waals surface area contributed by atoms with Gasteiger partial charge >= 0.3 is 5.97 Å². The zero-order chi connectivity index (χ0) is 13.2. The molecule has 0 fully saturated rings. The first-order valence-electron chi connectivity index (χ1n) is 5.24. The van der Waals surface area contributed by atoms with Gasteiger partial charge in [-0.15, -0.1) is 0 Å². The van der Waals surface area contributed by atoms with Gasteiger partial charge in [0.15, 0.2) is 0 Å². The molecule has 0 bridgehead atoms. The maximum Gasteiger partial charge on any atom is 0.328 e. The van der Waals surface area contributed by atoms with Gasteiger partial charge in [-0.2, -0.15) is 0 Å². The van der Waals surface area contributed by atoms with E-state index in [4.69, 9.17) is 11.6 Å². The molecular weight excluding hydrogens is 305 g/mol. The van der Waals surface area contributed by atoms with Crippen molar-refractivity contribution in [2.24, 2.45) is 0 Å². The van der Waals surface area contributed by atoms with Gasteiger partial charge in [-0.05, 0) is 32.9 Å². The predicted octanol–water partition coefficient (Wildman–Crippen LogP) is 3.40. The lowest BCUT2D eigenvalue weighted by molar-refractivity contribution is -0.144. The number of halogens is 2. The number of benzene rings is 1. The normalized spacial score (nSPS) is 14.7. The molecule has 1 unspecified atom stereocenters. The number of carboxylic acids is 1. The van der Waals surface area contributed by atoms with E-state index in [0.717, 1.165) is 4.47 Å². The van der Waals surface area contributed by atoms with E-state index in [-0.39, 0.29) is 6.04 Å². The first-order valence-corrected chi connectivity index (χ1v) is 6.41. The van der Waals surface area contributed by atoms with E-state index >= 15 is 0 Å². The molecule has 0 aliphatic carbocycles. The third-order valence-corrected chi connectivity index (χ3v) is 3.28. The second-order valence-corrected chi connectivity index (χ2v) is 5.68. The third kappa shape index (κ3) is 3.21. The SMILES string of the molecule is CC(C)NC(C)(C(=O)O)c1ccc(Br)cc1Cl. The van der Waals surface area contributed by atoms with Crippen LogP contribution >= 0.6 is 27.5 Å². The molecule has 0 radical (unpaired) electrons. The molecule has 0 aliphatic rings. The molecule has 17 heavy (non-hydrogen) atoms. The molecule has 0 amide bonds. The third-order valence-electron chi connectivity index (χ3n) is 2.47. The topological polar surface area (TPSA) is 49.3 Å². The van der Waals surface area contributed by atoms with Crippen molar-refractivity contribution < 1.29 is 9.90 Å². The molecule has 1 aromatic carbocycles. The summed E-state index contributed by atoms with van der Waals surface area (Å²) in [5.41, 5.74) is -0.630. The Bertz CT molecular complexity index is 437. The minimum atomic E-state index is -1.19. The second kappa shape index (κ2) is 5.38. The summed E-state index contributed by atoms with van der Waals surface area (Å²) in [6.45, 7) is 5.41. The molecule has 3 nitrogen and oxygen atoms in total. The Kier molecular flexibility index (Phi) is 4.58. The summed E-state index contributed by atoms with van der Waals surface area (Å²) in [7, 11) is 0. The van der Waals surface area contributed by atoms with Crippen LogP contribution in [0.4, 0.5) is 0 Å². The molecule has 0 aliphatic heterocycles. The van der Waals surface area contributed by atoms with Crippen molar-refractivity contribution in [2.75, 3.05) is 0 Å². The monoisotopic (exact) mass is 319 g/mol. The lowest BCUT2D eigenvalue weighted by Crippen LogP contribution is -2.49. The molecule has 1 aromatic rings. The number of hydrogen-bond acceptors (Lipinski definition) is 2. The summed E-state index contributed by atoms with van der Waals surface area (Å²) in [5.74, 6) is -0.949. The Morgan fingerprint density at radius 2 is 2.12 bits per heavy atom. The Balaban J connectivity index is 3.27. The van der Waals surface area contributed by atoms with Crippen LogP contribution < -0.4 is 5.32 Å². The number of carbonyl (C=O) groups is 1. The molecule has 1 rings (SSSR count). The van der Waals surface area contributed by atoms with Gasteiger partial charge < -0.3 is 5.11 Å². The van der Waals surface area contributed by atoms with Crippen molar-refractivity contribution in [3.05, 3.63) is 33.3 Å². The standard InChI is InChI=1S/C12H15BrClNO2/c1-7(2)15-12(3,11(16)17)9-5-4-8(13)6-10(9)14/h4-7,15H,1-3H3,(H,16,17). The van der Waals surface area contributed by atoms with E-state index < -0.39 is 11.5 Å². The predicted molar refractivity (Wildman–Crippen MR) is 72.4 cm³/mol. The Hall–Kier alpha value is -0.580. The maximum absolute atomic E-state index is 11.5. The molecule has 0 saturated carbocycles. The van der Waals surface area contributed by atoms with E-state index in [1.165, 1.54) is 0 Å². The van der Waals surface area contributed by atoms with Crippen LogP contribution in [-0.2, 0) is 10.3 Å². The van der Waals surface area contributed by atoms with E-state index in [0.29, 0.717) is 10.6 Å². The van der Waals surface area contributed by atoms with Crippen molar-refractivity contribution in [1.82, 2.24) is 5.32 Å². The van der Waals surface area contributed by atoms with Crippen molar-refractivity contribution in [2.45, 2.75) is 32.4 Å². The van der Waals surface area contributed by atoms with E-state index in [9.17, 15) is 9.90 Å².